The monoisotopic (exact) mass is 465 g/mol. The van der Waals surface area contributed by atoms with Crippen LogP contribution >= 0.6 is 0 Å². The maximum Gasteiger partial charge on any atom is 0.338 e. The first-order valence-electron chi connectivity index (χ1n) is 13.3. The average molecular weight is 466 g/mol. The van der Waals surface area contributed by atoms with Gasteiger partial charge in [-0.25, -0.2) is 4.79 Å². The molecule has 3 heteroatoms. The first-order valence-corrected chi connectivity index (χ1v) is 13.3. The highest BCUT2D eigenvalue weighted by Gasteiger charge is 2.59. The fraction of sp³-hybridized carbons (Fsp3) is 0.406. The second-order valence-corrected chi connectivity index (χ2v) is 10.8. The molecule has 0 radical (unpaired) electrons. The van der Waals surface area contributed by atoms with Gasteiger partial charge in [0.05, 0.1) is 5.56 Å². The summed E-state index contributed by atoms with van der Waals surface area (Å²) in [6, 6.07) is 31.5. The minimum absolute atomic E-state index is 0.0673. The lowest BCUT2D eigenvalue weighted by Gasteiger charge is -2.62. The normalized spacial score (nSPS) is 30.6. The van der Waals surface area contributed by atoms with Crippen LogP contribution in [0.2, 0.25) is 0 Å². The molecule has 3 saturated carbocycles. The average Bonchev–Trinajstić information content (AvgIpc) is 2.95. The number of carbonyl (C=O) groups is 1. The number of benzene rings is 3. The van der Waals surface area contributed by atoms with Crippen molar-refractivity contribution in [3.63, 3.8) is 0 Å². The van der Waals surface area contributed by atoms with E-state index in [0.29, 0.717) is 17.4 Å². The molecular formula is C32H35NO2. The first-order chi connectivity index (χ1) is 17.2. The van der Waals surface area contributed by atoms with Gasteiger partial charge in [-0.15, -0.1) is 0 Å². The van der Waals surface area contributed by atoms with E-state index in [-0.39, 0.29) is 23.5 Å². The molecule has 7 rings (SSSR count). The number of esters is 1. The second kappa shape index (κ2) is 9.62. The van der Waals surface area contributed by atoms with Crippen LogP contribution in [-0.4, -0.2) is 35.6 Å². The van der Waals surface area contributed by atoms with Gasteiger partial charge < -0.3 is 4.74 Å². The summed E-state index contributed by atoms with van der Waals surface area (Å²) in [6.07, 6.45) is 7.03. The third kappa shape index (κ3) is 4.31. The van der Waals surface area contributed by atoms with Crippen molar-refractivity contribution < 1.29 is 9.53 Å². The number of piperidine rings is 1. The smallest absolute Gasteiger partial charge is 0.338 e. The Labute approximate surface area is 209 Å². The summed E-state index contributed by atoms with van der Waals surface area (Å²) in [7, 11) is 0. The van der Waals surface area contributed by atoms with E-state index in [1.807, 2.05) is 30.3 Å². The van der Waals surface area contributed by atoms with Gasteiger partial charge in [0.2, 0.25) is 0 Å². The highest BCUT2D eigenvalue weighted by atomic mass is 16.5. The maximum atomic E-state index is 13.3. The molecule has 3 aromatic rings. The molecule has 0 spiro atoms. The van der Waals surface area contributed by atoms with Crippen molar-refractivity contribution in [2.75, 3.05) is 13.1 Å². The van der Waals surface area contributed by atoms with Gasteiger partial charge >= 0.3 is 5.97 Å². The van der Waals surface area contributed by atoms with Crippen LogP contribution in [0.15, 0.2) is 91.0 Å². The molecule has 0 unspecified atom stereocenters. The zero-order valence-corrected chi connectivity index (χ0v) is 20.4. The molecule has 3 aromatic carbocycles. The van der Waals surface area contributed by atoms with Crippen LogP contribution < -0.4 is 0 Å². The third-order valence-electron chi connectivity index (χ3n) is 8.89. The predicted octanol–water partition coefficient (Wildman–Crippen LogP) is 6.82. The molecule has 4 fully saturated rings. The maximum absolute atomic E-state index is 13.3. The largest absolute Gasteiger partial charge is 0.458 e. The number of hydrogen-bond donors (Lipinski definition) is 0. The highest BCUT2D eigenvalue weighted by molar-refractivity contribution is 5.89. The van der Waals surface area contributed by atoms with E-state index in [2.05, 4.69) is 65.6 Å². The fourth-order valence-corrected chi connectivity index (χ4v) is 7.39. The van der Waals surface area contributed by atoms with E-state index in [1.54, 1.807) is 0 Å². The molecule has 1 heterocycles. The summed E-state index contributed by atoms with van der Waals surface area (Å²) in [4.78, 5) is 16.1. The van der Waals surface area contributed by atoms with Gasteiger partial charge in [0.1, 0.15) is 6.10 Å². The minimum Gasteiger partial charge on any atom is -0.458 e. The number of carbonyl (C=O) groups excluding carboxylic acids is 1. The van der Waals surface area contributed by atoms with E-state index >= 15 is 0 Å². The molecule has 35 heavy (non-hydrogen) atoms. The minimum atomic E-state index is -0.185. The Bertz CT molecular complexity index is 1070. The second-order valence-electron chi connectivity index (χ2n) is 10.8. The SMILES string of the molecule is O=C(O[C@@H]1CC2(N3CCCCC3)C[C@@H](c3ccccc3)C1[C@H](c1ccccc1)C2)c1ccccc1. The van der Waals surface area contributed by atoms with Crippen molar-refractivity contribution >= 4 is 5.97 Å². The van der Waals surface area contributed by atoms with Crippen molar-refractivity contribution in [1.82, 2.24) is 4.90 Å². The van der Waals surface area contributed by atoms with E-state index in [0.717, 1.165) is 32.4 Å². The Kier molecular flexibility index (Phi) is 6.20. The summed E-state index contributed by atoms with van der Waals surface area (Å²) in [5, 5.41) is 0. The van der Waals surface area contributed by atoms with Crippen molar-refractivity contribution in [3.8, 4) is 0 Å². The molecule has 0 N–H and O–H groups in total. The van der Waals surface area contributed by atoms with Gasteiger partial charge in [-0.1, -0.05) is 85.3 Å². The molecule has 3 nitrogen and oxygen atoms in total. The summed E-state index contributed by atoms with van der Waals surface area (Å²) in [5.74, 6) is 0.841. The Morgan fingerprint density at radius 3 is 1.74 bits per heavy atom. The van der Waals surface area contributed by atoms with Crippen LogP contribution in [0.3, 0.4) is 0 Å². The summed E-state index contributed by atoms with van der Waals surface area (Å²) in [5.41, 5.74) is 3.49. The van der Waals surface area contributed by atoms with Crippen LogP contribution in [0, 0.1) is 5.92 Å². The van der Waals surface area contributed by atoms with E-state index < -0.39 is 0 Å². The van der Waals surface area contributed by atoms with Crippen LogP contribution in [0.5, 0.6) is 0 Å². The number of likely N-dealkylation sites (tertiary alicyclic amines) is 1. The van der Waals surface area contributed by atoms with Crippen molar-refractivity contribution in [2.45, 2.75) is 62.0 Å². The van der Waals surface area contributed by atoms with Crippen molar-refractivity contribution in [2.24, 2.45) is 5.92 Å². The molecular weight excluding hydrogens is 430 g/mol. The van der Waals surface area contributed by atoms with Gasteiger partial charge in [0.15, 0.2) is 0 Å². The van der Waals surface area contributed by atoms with Gasteiger partial charge in [-0.05, 0) is 73.9 Å². The molecule has 3 aliphatic carbocycles. The fourth-order valence-electron chi connectivity index (χ4n) is 7.39. The molecule has 0 aromatic heterocycles. The number of nitrogens with zero attached hydrogens (tertiary/aromatic N) is 1. The van der Waals surface area contributed by atoms with Crippen LogP contribution in [0.1, 0.15) is 71.8 Å². The zero-order chi connectivity index (χ0) is 23.7. The van der Waals surface area contributed by atoms with Gasteiger partial charge in [0.25, 0.3) is 0 Å². The molecule has 1 saturated heterocycles. The van der Waals surface area contributed by atoms with E-state index in [4.69, 9.17) is 4.74 Å². The number of hydrogen-bond acceptors (Lipinski definition) is 3. The Morgan fingerprint density at radius 2 is 1.20 bits per heavy atom. The highest BCUT2D eigenvalue weighted by Crippen LogP contribution is 2.60. The van der Waals surface area contributed by atoms with Gasteiger partial charge in [-0.3, -0.25) is 4.90 Å². The topological polar surface area (TPSA) is 29.5 Å². The lowest BCUT2D eigenvalue weighted by molar-refractivity contribution is -0.115. The zero-order valence-electron chi connectivity index (χ0n) is 20.4. The Hall–Kier alpha value is -2.91. The molecule has 2 bridgehead atoms. The Morgan fingerprint density at radius 1 is 0.686 bits per heavy atom. The van der Waals surface area contributed by atoms with E-state index in [9.17, 15) is 4.79 Å². The van der Waals surface area contributed by atoms with Crippen LogP contribution in [0.25, 0.3) is 0 Å². The summed E-state index contributed by atoms with van der Waals surface area (Å²) >= 11 is 0. The molecule has 0 amide bonds. The summed E-state index contributed by atoms with van der Waals surface area (Å²) in [6.45, 7) is 2.32. The van der Waals surface area contributed by atoms with Gasteiger partial charge in [-0.2, -0.15) is 0 Å². The third-order valence-corrected chi connectivity index (χ3v) is 8.89. The summed E-state index contributed by atoms with van der Waals surface area (Å²) < 4.78 is 6.47. The molecule has 180 valence electrons. The predicted molar refractivity (Wildman–Crippen MR) is 140 cm³/mol. The van der Waals surface area contributed by atoms with Crippen LogP contribution in [0.4, 0.5) is 0 Å². The number of fused-ring (bicyclic) bond motifs is 3. The standard InChI is InChI=1S/C32H35NO2/c34-31(26-17-9-3-10-18-26)35-29-23-32(33-19-11-4-12-20-33)21-27(24-13-5-1-6-14-24)30(29)28(22-32)25-15-7-2-8-16-25/h1-3,5-10,13-18,27-30H,4,11-12,19-23H2/t27-,28-,29+,30?,32?/m0/s1. The van der Waals surface area contributed by atoms with Crippen molar-refractivity contribution in [3.05, 3.63) is 108 Å². The quantitative estimate of drug-likeness (QED) is 0.387. The number of rotatable bonds is 5. The first kappa shape index (κ1) is 22.5. The molecule has 4 aliphatic rings. The van der Waals surface area contributed by atoms with Crippen LogP contribution in [-0.2, 0) is 4.74 Å². The number of ether oxygens (including phenoxy) is 1. The van der Waals surface area contributed by atoms with Gasteiger partial charge in [0, 0.05) is 17.9 Å². The lowest BCUT2D eigenvalue weighted by atomic mass is 9.51. The van der Waals surface area contributed by atoms with E-state index in [1.165, 1.54) is 30.4 Å². The molecule has 1 aliphatic heterocycles. The molecule has 3 atom stereocenters. The van der Waals surface area contributed by atoms with Crippen molar-refractivity contribution in [1.29, 1.82) is 0 Å². The lowest BCUT2D eigenvalue weighted by Crippen LogP contribution is -2.64. The Balaban J connectivity index is 1.43.